The summed E-state index contributed by atoms with van der Waals surface area (Å²) < 4.78 is 0. The molecule has 8 aromatic carbocycles. The summed E-state index contributed by atoms with van der Waals surface area (Å²) >= 11 is 0. The van der Waals surface area contributed by atoms with Crippen molar-refractivity contribution in [3.8, 4) is 11.1 Å². The third kappa shape index (κ3) is 3.85. The van der Waals surface area contributed by atoms with E-state index in [4.69, 9.17) is 0 Å². The Morgan fingerprint density at radius 1 is 0.533 bits per heavy atom. The summed E-state index contributed by atoms with van der Waals surface area (Å²) in [7, 11) is 0. The molecule has 0 aromatic heterocycles. The minimum absolute atomic E-state index is 0.434. The molecule has 1 aliphatic carbocycles. The molecule has 212 valence electrons. The monoisotopic (exact) mass is 572 g/mol. The Kier molecular flexibility index (Phi) is 5.80. The molecule has 0 spiro atoms. The van der Waals surface area contributed by atoms with Crippen LogP contribution in [0.25, 0.3) is 82.2 Å². The van der Waals surface area contributed by atoms with Gasteiger partial charge in [-0.15, -0.1) is 0 Å². The first-order valence-electron chi connectivity index (χ1n) is 16.0. The van der Waals surface area contributed by atoms with E-state index in [0.29, 0.717) is 5.92 Å². The molecule has 8 aromatic rings. The van der Waals surface area contributed by atoms with Gasteiger partial charge in [-0.2, -0.15) is 0 Å². The quantitative estimate of drug-likeness (QED) is 0.145. The molecule has 0 bridgehead atoms. The van der Waals surface area contributed by atoms with E-state index in [1.54, 1.807) is 0 Å². The van der Waals surface area contributed by atoms with Gasteiger partial charge in [0.25, 0.3) is 0 Å². The molecule has 9 rings (SSSR count). The van der Waals surface area contributed by atoms with Gasteiger partial charge >= 0.3 is 0 Å². The fourth-order valence-electron chi connectivity index (χ4n) is 7.94. The maximum Gasteiger partial charge on any atom is -0.00201 e. The van der Waals surface area contributed by atoms with Crippen LogP contribution < -0.4 is 0 Å². The molecule has 0 heterocycles. The van der Waals surface area contributed by atoms with E-state index < -0.39 is 0 Å². The fourth-order valence-corrected chi connectivity index (χ4v) is 7.94. The van der Waals surface area contributed by atoms with Crippen molar-refractivity contribution in [2.45, 2.75) is 13.3 Å². The van der Waals surface area contributed by atoms with Crippen molar-refractivity contribution in [3.63, 3.8) is 0 Å². The zero-order chi connectivity index (χ0) is 30.1. The Hall–Kier alpha value is -5.46. The molecule has 0 aliphatic heterocycles. The molecule has 0 heteroatoms. The summed E-state index contributed by atoms with van der Waals surface area (Å²) in [5.74, 6) is 0.434. The summed E-state index contributed by atoms with van der Waals surface area (Å²) in [5.41, 5.74) is 9.09. The minimum Gasteiger partial charge on any atom is -0.0984 e. The summed E-state index contributed by atoms with van der Waals surface area (Å²) in [6, 6.07) is 47.2. The first-order valence-corrected chi connectivity index (χ1v) is 16.0. The van der Waals surface area contributed by atoms with E-state index in [0.717, 1.165) is 6.42 Å². The zero-order valence-corrected chi connectivity index (χ0v) is 25.3. The lowest BCUT2D eigenvalue weighted by atomic mass is 9.79. The standard InChI is InChI=1S/C45H32/c1-3-29-11-4-5-14-34(29)41-27-33(20-19-28(41)2)43-35-15-6-8-17-37(35)45(38-18-9-7-16-36(38)43)40-26-24-32-22-21-30-12-10-13-31-23-25-39(40)44(32)42(30)31/h3-18,20-28H,1,19H2,2H3. The molecule has 0 radical (unpaired) electrons. The van der Waals surface area contributed by atoms with Crippen LogP contribution in [0.5, 0.6) is 0 Å². The highest BCUT2D eigenvalue weighted by Gasteiger charge is 2.23. The molecule has 0 fully saturated rings. The summed E-state index contributed by atoms with van der Waals surface area (Å²) in [5, 5.41) is 13.1. The first-order chi connectivity index (χ1) is 22.2. The molecule has 0 saturated heterocycles. The van der Waals surface area contributed by atoms with Gasteiger partial charge in [0.05, 0.1) is 0 Å². The van der Waals surface area contributed by atoms with Crippen LogP contribution in [0.15, 0.2) is 146 Å². The molecular weight excluding hydrogens is 540 g/mol. The largest absolute Gasteiger partial charge is 0.0984 e. The lowest BCUT2D eigenvalue weighted by Crippen LogP contribution is -2.05. The average Bonchev–Trinajstić information content (AvgIpc) is 3.10. The summed E-state index contributed by atoms with van der Waals surface area (Å²) in [6.07, 6.45) is 7.89. The van der Waals surface area contributed by atoms with E-state index in [2.05, 4.69) is 153 Å². The molecule has 0 saturated carbocycles. The second-order valence-electron chi connectivity index (χ2n) is 12.5. The number of fused-ring (bicyclic) bond motifs is 2. The van der Waals surface area contributed by atoms with Crippen LogP contribution in [0.1, 0.15) is 30.0 Å². The van der Waals surface area contributed by atoms with Crippen molar-refractivity contribution < 1.29 is 0 Å². The Labute approximate surface area is 263 Å². The van der Waals surface area contributed by atoms with Crippen LogP contribution in [-0.4, -0.2) is 0 Å². The normalized spacial score (nSPS) is 15.3. The Morgan fingerprint density at radius 3 is 1.80 bits per heavy atom. The molecule has 1 aliphatic rings. The molecular formula is C45H32. The highest BCUT2D eigenvalue weighted by atomic mass is 14.3. The van der Waals surface area contributed by atoms with Crippen molar-refractivity contribution in [2.24, 2.45) is 5.92 Å². The first kappa shape index (κ1) is 26.0. The van der Waals surface area contributed by atoms with Gasteiger partial charge in [-0.1, -0.05) is 159 Å². The number of benzene rings is 8. The highest BCUT2D eigenvalue weighted by Crippen LogP contribution is 2.47. The topological polar surface area (TPSA) is 0 Å². The van der Waals surface area contributed by atoms with E-state index in [1.165, 1.54) is 92.8 Å². The molecule has 1 unspecified atom stereocenters. The van der Waals surface area contributed by atoms with Gasteiger partial charge in [-0.25, -0.2) is 0 Å². The maximum atomic E-state index is 4.12. The smallest absolute Gasteiger partial charge is 0.00201 e. The molecule has 0 N–H and O–H groups in total. The summed E-state index contributed by atoms with van der Waals surface area (Å²) in [6.45, 7) is 6.46. The van der Waals surface area contributed by atoms with Gasteiger partial charge in [0, 0.05) is 0 Å². The van der Waals surface area contributed by atoms with Gasteiger partial charge in [0.15, 0.2) is 0 Å². The second-order valence-corrected chi connectivity index (χ2v) is 12.5. The van der Waals surface area contributed by atoms with Crippen LogP contribution in [0.2, 0.25) is 0 Å². The molecule has 0 nitrogen and oxygen atoms in total. The van der Waals surface area contributed by atoms with Crippen molar-refractivity contribution in [3.05, 3.63) is 163 Å². The van der Waals surface area contributed by atoms with Gasteiger partial charge in [-0.05, 0) is 105 Å². The molecule has 1 atom stereocenters. The second kappa shape index (κ2) is 10.0. The third-order valence-corrected chi connectivity index (χ3v) is 10.0. The van der Waals surface area contributed by atoms with Crippen molar-refractivity contribution in [1.29, 1.82) is 0 Å². The SMILES string of the molecule is C=Cc1ccccc1C1=CC(c2c3ccccc3c(-c3ccc4ccc5cccc6ccc3c4c56)c3ccccc23)=CCC1C. The Balaban J connectivity index is 1.36. The van der Waals surface area contributed by atoms with Gasteiger partial charge < -0.3 is 0 Å². The number of rotatable bonds is 4. The van der Waals surface area contributed by atoms with Crippen LogP contribution in [0, 0.1) is 5.92 Å². The zero-order valence-electron chi connectivity index (χ0n) is 25.3. The van der Waals surface area contributed by atoms with Crippen LogP contribution in [0.4, 0.5) is 0 Å². The van der Waals surface area contributed by atoms with E-state index in [9.17, 15) is 0 Å². The minimum atomic E-state index is 0.434. The van der Waals surface area contributed by atoms with Crippen molar-refractivity contribution >= 4 is 71.1 Å². The molecule has 45 heavy (non-hydrogen) atoms. The number of allylic oxidation sites excluding steroid dienone is 4. The number of hydrogen-bond donors (Lipinski definition) is 0. The highest BCUT2D eigenvalue weighted by molar-refractivity contribution is 6.29. The van der Waals surface area contributed by atoms with Crippen molar-refractivity contribution in [2.75, 3.05) is 0 Å². The van der Waals surface area contributed by atoms with Gasteiger partial charge in [0.1, 0.15) is 0 Å². The Morgan fingerprint density at radius 2 is 1.11 bits per heavy atom. The van der Waals surface area contributed by atoms with Crippen LogP contribution >= 0.6 is 0 Å². The average molecular weight is 573 g/mol. The third-order valence-electron chi connectivity index (χ3n) is 10.0. The van der Waals surface area contributed by atoms with E-state index >= 15 is 0 Å². The van der Waals surface area contributed by atoms with E-state index in [-0.39, 0.29) is 0 Å². The Bertz CT molecular complexity index is 2460. The fraction of sp³-hybridized carbons (Fsp3) is 0.0667. The molecule has 0 amide bonds. The van der Waals surface area contributed by atoms with Crippen molar-refractivity contribution in [1.82, 2.24) is 0 Å². The lowest BCUT2D eigenvalue weighted by Gasteiger charge is -2.25. The van der Waals surface area contributed by atoms with Crippen LogP contribution in [0.3, 0.4) is 0 Å². The predicted octanol–water partition coefficient (Wildman–Crippen LogP) is 12.7. The van der Waals surface area contributed by atoms with Gasteiger partial charge in [-0.3, -0.25) is 0 Å². The lowest BCUT2D eigenvalue weighted by molar-refractivity contribution is 0.760. The number of hydrogen-bond acceptors (Lipinski definition) is 0. The van der Waals surface area contributed by atoms with E-state index in [1.807, 2.05) is 6.08 Å². The summed E-state index contributed by atoms with van der Waals surface area (Å²) in [4.78, 5) is 0. The maximum absolute atomic E-state index is 4.12. The van der Waals surface area contributed by atoms with Crippen LogP contribution in [-0.2, 0) is 0 Å². The van der Waals surface area contributed by atoms with Gasteiger partial charge in [0.2, 0.25) is 0 Å². The predicted molar refractivity (Wildman–Crippen MR) is 197 cm³/mol.